The maximum Gasteiger partial charge on any atom is 0.293 e. The van der Waals surface area contributed by atoms with E-state index in [0.717, 1.165) is 0 Å². The number of rotatable bonds is 2. The van der Waals surface area contributed by atoms with E-state index in [4.69, 9.17) is 11.6 Å². The minimum atomic E-state index is -0.482. The Morgan fingerprint density at radius 3 is 2.69 bits per heavy atom. The molecule has 0 aliphatic carbocycles. The molecule has 13 heavy (non-hydrogen) atoms. The molecule has 1 aromatic rings. The summed E-state index contributed by atoms with van der Waals surface area (Å²) in [6.45, 7) is 0. The normalized spacial score (nSPS) is 9.77. The molecule has 0 saturated heterocycles. The van der Waals surface area contributed by atoms with Crippen LogP contribution in [-0.2, 0) is 0 Å². The Balaban J connectivity index is 3.38. The van der Waals surface area contributed by atoms with Gasteiger partial charge in [0.05, 0.1) is 9.95 Å². The van der Waals surface area contributed by atoms with Crippen molar-refractivity contribution in [2.24, 2.45) is 0 Å². The molecule has 1 N–H and O–H groups in total. The van der Waals surface area contributed by atoms with Crippen LogP contribution in [0.2, 0.25) is 5.02 Å². The van der Waals surface area contributed by atoms with Crippen molar-refractivity contribution in [3.05, 3.63) is 31.7 Å². The molecular formula is C7H6BrClN2O2. The summed E-state index contributed by atoms with van der Waals surface area (Å²) in [4.78, 5) is 10.1. The molecule has 0 unspecified atom stereocenters. The number of hydrogen-bond donors (Lipinski definition) is 1. The predicted octanol–water partition coefficient (Wildman–Crippen LogP) is 3.05. The average Bonchev–Trinajstić information content (AvgIpc) is 2.09. The number of benzene rings is 1. The lowest BCUT2D eigenvalue weighted by Gasteiger charge is -2.05. The first-order chi connectivity index (χ1) is 6.07. The molecule has 0 radical (unpaired) electrons. The second kappa shape index (κ2) is 3.93. The molecule has 0 aliphatic rings. The molecule has 0 heterocycles. The van der Waals surface area contributed by atoms with Crippen LogP contribution in [0.3, 0.4) is 0 Å². The second-order valence-corrected chi connectivity index (χ2v) is 3.49. The number of nitrogens with zero attached hydrogens (tertiary/aromatic N) is 1. The van der Waals surface area contributed by atoms with Crippen molar-refractivity contribution in [2.45, 2.75) is 0 Å². The van der Waals surface area contributed by atoms with Crippen molar-refractivity contribution in [3.8, 4) is 0 Å². The lowest BCUT2D eigenvalue weighted by Crippen LogP contribution is -1.97. The number of nitro groups is 1. The summed E-state index contributed by atoms with van der Waals surface area (Å²) in [5.74, 6) is 0. The first-order valence-corrected chi connectivity index (χ1v) is 4.55. The molecule has 6 heteroatoms. The van der Waals surface area contributed by atoms with E-state index in [0.29, 0.717) is 15.2 Å². The van der Waals surface area contributed by atoms with Crippen LogP contribution in [0.4, 0.5) is 11.4 Å². The molecule has 0 atom stereocenters. The zero-order valence-electron chi connectivity index (χ0n) is 6.67. The van der Waals surface area contributed by atoms with E-state index in [2.05, 4.69) is 21.2 Å². The molecule has 0 spiro atoms. The van der Waals surface area contributed by atoms with Gasteiger partial charge < -0.3 is 5.32 Å². The smallest absolute Gasteiger partial charge is 0.293 e. The highest BCUT2D eigenvalue weighted by Crippen LogP contribution is 2.37. The summed E-state index contributed by atoms with van der Waals surface area (Å²) in [6.07, 6.45) is 0. The fourth-order valence-electron chi connectivity index (χ4n) is 0.930. The Labute approximate surface area is 88.2 Å². The van der Waals surface area contributed by atoms with Crippen molar-refractivity contribution in [1.29, 1.82) is 0 Å². The van der Waals surface area contributed by atoms with Gasteiger partial charge in [-0.25, -0.2) is 0 Å². The molecule has 0 aromatic heterocycles. The van der Waals surface area contributed by atoms with Crippen molar-refractivity contribution < 1.29 is 4.92 Å². The van der Waals surface area contributed by atoms with Gasteiger partial charge in [-0.05, 0) is 22.0 Å². The summed E-state index contributed by atoms with van der Waals surface area (Å²) < 4.78 is 0.629. The fraction of sp³-hybridized carbons (Fsp3) is 0.143. The number of halogens is 2. The molecule has 0 bridgehead atoms. The number of anilines is 1. The zero-order chi connectivity index (χ0) is 10.0. The molecule has 1 rings (SSSR count). The van der Waals surface area contributed by atoms with Gasteiger partial charge in [0.15, 0.2) is 0 Å². The molecule has 0 aliphatic heterocycles. The Kier molecular flexibility index (Phi) is 3.11. The summed E-state index contributed by atoms with van der Waals surface area (Å²) in [6, 6.07) is 2.93. The Morgan fingerprint density at radius 1 is 1.62 bits per heavy atom. The standard InChI is InChI=1S/C7H6BrClN2O2/c1-10-7-5(11(12)13)3-2-4(8)6(7)9/h2-3,10H,1H3. The third-order valence-corrected chi connectivity index (χ3v) is 2.80. The van der Waals surface area contributed by atoms with Crippen molar-refractivity contribution in [2.75, 3.05) is 12.4 Å². The summed E-state index contributed by atoms with van der Waals surface area (Å²) in [7, 11) is 1.58. The van der Waals surface area contributed by atoms with E-state index in [-0.39, 0.29) is 5.69 Å². The molecular weight excluding hydrogens is 259 g/mol. The molecule has 1 aromatic carbocycles. The minimum absolute atomic E-state index is 0.0318. The van der Waals surface area contributed by atoms with Crippen molar-refractivity contribution in [1.82, 2.24) is 0 Å². The summed E-state index contributed by atoms with van der Waals surface area (Å²) in [5.41, 5.74) is 0.289. The lowest BCUT2D eigenvalue weighted by molar-refractivity contribution is -0.383. The lowest BCUT2D eigenvalue weighted by atomic mass is 10.2. The second-order valence-electron chi connectivity index (χ2n) is 2.26. The highest BCUT2D eigenvalue weighted by Gasteiger charge is 2.17. The van der Waals surface area contributed by atoms with Crippen molar-refractivity contribution in [3.63, 3.8) is 0 Å². The minimum Gasteiger partial charge on any atom is -0.381 e. The monoisotopic (exact) mass is 264 g/mol. The number of nitro benzene ring substituents is 1. The Hall–Kier alpha value is -0.810. The Bertz CT molecular complexity index is 357. The predicted molar refractivity (Wildman–Crippen MR) is 55.4 cm³/mol. The van der Waals surface area contributed by atoms with Gasteiger partial charge in [-0.1, -0.05) is 11.6 Å². The molecule has 4 nitrogen and oxygen atoms in total. The van der Waals surface area contributed by atoms with Gasteiger partial charge >= 0.3 is 0 Å². The zero-order valence-corrected chi connectivity index (χ0v) is 9.02. The van der Waals surface area contributed by atoms with Gasteiger partial charge in [0.25, 0.3) is 5.69 Å². The van der Waals surface area contributed by atoms with Crippen LogP contribution in [0, 0.1) is 10.1 Å². The van der Waals surface area contributed by atoms with Crippen LogP contribution in [0.25, 0.3) is 0 Å². The summed E-state index contributed by atoms with van der Waals surface area (Å²) >= 11 is 9.00. The van der Waals surface area contributed by atoms with Crippen LogP contribution in [0.1, 0.15) is 0 Å². The van der Waals surface area contributed by atoms with Crippen LogP contribution in [0.5, 0.6) is 0 Å². The Morgan fingerprint density at radius 2 is 2.23 bits per heavy atom. The largest absolute Gasteiger partial charge is 0.381 e. The third-order valence-electron chi connectivity index (χ3n) is 1.52. The molecule has 70 valence electrons. The van der Waals surface area contributed by atoms with Gasteiger partial charge in [0.2, 0.25) is 0 Å². The van der Waals surface area contributed by atoms with E-state index in [1.807, 2.05) is 0 Å². The van der Waals surface area contributed by atoms with E-state index < -0.39 is 4.92 Å². The molecule has 0 amide bonds. The SMILES string of the molecule is CNc1c([N+](=O)[O-])ccc(Br)c1Cl. The van der Waals surface area contributed by atoms with E-state index in [9.17, 15) is 10.1 Å². The fourth-order valence-corrected chi connectivity index (χ4v) is 1.52. The van der Waals surface area contributed by atoms with Crippen LogP contribution < -0.4 is 5.32 Å². The van der Waals surface area contributed by atoms with E-state index in [1.54, 1.807) is 13.1 Å². The molecule has 0 fully saturated rings. The quantitative estimate of drug-likeness (QED) is 0.660. The van der Waals surface area contributed by atoms with Gasteiger partial charge in [-0.2, -0.15) is 0 Å². The van der Waals surface area contributed by atoms with Gasteiger partial charge in [0.1, 0.15) is 5.69 Å². The topological polar surface area (TPSA) is 55.2 Å². The number of nitrogens with one attached hydrogen (secondary N) is 1. The molecule has 0 saturated carbocycles. The van der Waals surface area contributed by atoms with Crippen molar-refractivity contribution >= 4 is 38.9 Å². The van der Waals surface area contributed by atoms with Gasteiger partial charge in [0, 0.05) is 17.6 Å². The van der Waals surface area contributed by atoms with E-state index in [1.165, 1.54) is 6.07 Å². The van der Waals surface area contributed by atoms with Gasteiger partial charge in [-0.3, -0.25) is 10.1 Å². The van der Waals surface area contributed by atoms with E-state index >= 15 is 0 Å². The first-order valence-electron chi connectivity index (χ1n) is 3.38. The van der Waals surface area contributed by atoms with Crippen LogP contribution in [-0.4, -0.2) is 12.0 Å². The van der Waals surface area contributed by atoms with Gasteiger partial charge in [-0.15, -0.1) is 0 Å². The summed E-state index contributed by atoms with van der Waals surface area (Å²) in [5, 5.41) is 13.5. The average molecular weight is 265 g/mol. The van der Waals surface area contributed by atoms with Crippen LogP contribution >= 0.6 is 27.5 Å². The maximum absolute atomic E-state index is 10.5. The maximum atomic E-state index is 10.5. The number of hydrogen-bond acceptors (Lipinski definition) is 3. The highest BCUT2D eigenvalue weighted by atomic mass is 79.9. The highest BCUT2D eigenvalue weighted by molar-refractivity contribution is 9.10. The third kappa shape index (κ3) is 1.92. The van der Waals surface area contributed by atoms with Crippen LogP contribution in [0.15, 0.2) is 16.6 Å². The first kappa shape index (κ1) is 10.3.